The molecule has 0 aliphatic carbocycles. The number of piperazine rings is 1. The Bertz CT molecular complexity index is 561. The Hall–Kier alpha value is -2.15. The van der Waals surface area contributed by atoms with Gasteiger partial charge in [-0.05, 0) is 12.1 Å². The highest BCUT2D eigenvalue weighted by atomic mass is 35.5. The molecule has 0 spiro atoms. The van der Waals surface area contributed by atoms with E-state index in [0.717, 1.165) is 6.07 Å². The molecule has 8 heteroatoms. The predicted molar refractivity (Wildman–Crippen MR) is 67.0 cm³/mol. The third-order valence-corrected chi connectivity index (χ3v) is 3.03. The van der Waals surface area contributed by atoms with Crippen molar-refractivity contribution in [2.75, 3.05) is 19.6 Å². The van der Waals surface area contributed by atoms with Gasteiger partial charge >= 0.3 is 0 Å². The summed E-state index contributed by atoms with van der Waals surface area (Å²) in [5, 5.41) is 13.3. The molecule has 0 radical (unpaired) electrons. The Morgan fingerprint density at radius 3 is 2.84 bits per heavy atom. The molecule has 7 nitrogen and oxygen atoms in total. The van der Waals surface area contributed by atoms with Crippen LogP contribution in [-0.2, 0) is 4.79 Å². The van der Waals surface area contributed by atoms with Gasteiger partial charge in [-0.2, -0.15) is 0 Å². The van der Waals surface area contributed by atoms with E-state index in [2.05, 4.69) is 5.32 Å². The minimum atomic E-state index is -0.651. The number of halogens is 1. The molecular formula is C11H10ClN3O4. The second-order valence-corrected chi connectivity index (χ2v) is 4.41. The first-order chi connectivity index (χ1) is 8.99. The quantitative estimate of drug-likeness (QED) is 0.642. The second kappa shape index (κ2) is 5.23. The van der Waals surface area contributed by atoms with Crippen LogP contribution in [0.15, 0.2) is 18.2 Å². The van der Waals surface area contributed by atoms with Crippen molar-refractivity contribution in [3.8, 4) is 0 Å². The molecule has 1 saturated heterocycles. The van der Waals surface area contributed by atoms with Crippen LogP contribution in [0.1, 0.15) is 10.4 Å². The molecule has 1 fully saturated rings. The molecule has 0 aromatic heterocycles. The van der Waals surface area contributed by atoms with E-state index in [1.54, 1.807) is 0 Å². The number of hydrogen-bond acceptors (Lipinski definition) is 4. The van der Waals surface area contributed by atoms with Crippen molar-refractivity contribution in [2.45, 2.75) is 0 Å². The van der Waals surface area contributed by atoms with Crippen LogP contribution in [-0.4, -0.2) is 41.3 Å². The van der Waals surface area contributed by atoms with Crippen LogP contribution >= 0.6 is 11.6 Å². The number of amides is 2. The van der Waals surface area contributed by atoms with Gasteiger partial charge in [-0.1, -0.05) is 11.6 Å². The van der Waals surface area contributed by atoms with Gasteiger partial charge in [-0.15, -0.1) is 0 Å². The molecule has 1 aliphatic rings. The molecule has 2 amide bonds. The third kappa shape index (κ3) is 2.82. The van der Waals surface area contributed by atoms with Crippen molar-refractivity contribution in [3.05, 3.63) is 38.9 Å². The minimum absolute atomic E-state index is 0.0297. The van der Waals surface area contributed by atoms with Crippen molar-refractivity contribution >= 4 is 29.1 Å². The van der Waals surface area contributed by atoms with E-state index in [1.165, 1.54) is 17.0 Å². The average Bonchev–Trinajstić information content (AvgIpc) is 2.38. The van der Waals surface area contributed by atoms with E-state index in [0.29, 0.717) is 13.1 Å². The minimum Gasteiger partial charge on any atom is -0.353 e. The Morgan fingerprint density at radius 1 is 1.47 bits per heavy atom. The third-order valence-electron chi connectivity index (χ3n) is 2.72. The molecule has 0 saturated carbocycles. The van der Waals surface area contributed by atoms with Gasteiger partial charge in [0.1, 0.15) is 5.02 Å². The fourth-order valence-electron chi connectivity index (χ4n) is 1.78. The van der Waals surface area contributed by atoms with Crippen LogP contribution in [0.4, 0.5) is 5.69 Å². The normalized spacial score (nSPS) is 15.0. The van der Waals surface area contributed by atoms with Gasteiger partial charge in [0.15, 0.2) is 0 Å². The van der Waals surface area contributed by atoms with E-state index in [-0.39, 0.29) is 28.7 Å². The molecule has 1 aliphatic heterocycles. The topological polar surface area (TPSA) is 92.5 Å². The highest BCUT2D eigenvalue weighted by molar-refractivity contribution is 6.32. The van der Waals surface area contributed by atoms with Crippen molar-refractivity contribution in [3.63, 3.8) is 0 Å². The molecule has 0 bridgehead atoms. The van der Waals surface area contributed by atoms with Gasteiger partial charge in [0, 0.05) is 24.7 Å². The van der Waals surface area contributed by atoms with E-state index >= 15 is 0 Å². The van der Waals surface area contributed by atoms with Crippen LogP contribution in [0.5, 0.6) is 0 Å². The first-order valence-corrected chi connectivity index (χ1v) is 5.87. The van der Waals surface area contributed by atoms with E-state index in [1.807, 2.05) is 0 Å². The maximum Gasteiger partial charge on any atom is 0.288 e. The summed E-state index contributed by atoms with van der Waals surface area (Å²) >= 11 is 5.67. The molecule has 2 rings (SSSR count). The van der Waals surface area contributed by atoms with Crippen LogP contribution in [0.2, 0.25) is 5.02 Å². The zero-order valence-corrected chi connectivity index (χ0v) is 10.5. The Morgan fingerprint density at radius 2 is 2.21 bits per heavy atom. The monoisotopic (exact) mass is 283 g/mol. The Kier molecular flexibility index (Phi) is 3.66. The second-order valence-electron chi connectivity index (χ2n) is 4.00. The number of nitrogens with zero attached hydrogens (tertiary/aromatic N) is 2. The molecule has 0 unspecified atom stereocenters. The van der Waals surface area contributed by atoms with Crippen molar-refractivity contribution < 1.29 is 14.5 Å². The lowest BCUT2D eigenvalue weighted by molar-refractivity contribution is -0.384. The first kappa shape index (κ1) is 13.3. The Labute approximate surface area is 113 Å². The summed E-state index contributed by atoms with van der Waals surface area (Å²) in [7, 11) is 0. The number of benzene rings is 1. The number of rotatable bonds is 2. The summed E-state index contributed by atoms with van der Waals surface area (Å²) in [5.74, 6) is -0.669. The van der Waals surface area contributed by atoms with E-state index < -0.39 is 10.8 Å². The maximum absolute atomic E-state index is 12.1. The van der Waals surface area contributed by atoms with E-state index in [9.17, 15) is 19.7 Å². The fraction of sp³-hybridized carbons (Fsp3) is 0.273. The van der Waals surface area contributed by atoms with E-state index in [4.69, 9.17) is 11.6 Å². The summed E-state index contributed by atoms with van der Waals surface area (Å²) < 4.78 is 0. The summed E-state index contributed by atoms with van der Waals surface area (Å²) in [6.45, 7) is 0.705. The summed E-state index contributed by atoms with van der Waals surface area (Å²) in [4.78, 5) is 34.8. The zero-order chi connectivity index (χ0) is 14.0. The van der Waals surface area contributed by atoms with Crippen LogP contribution in [0, 0.1) is 10.1 Å². The van der Waals surface area contributed by atoms with Gasteiger partial charge < -0.3 is 10.2 Å². The number of nitro benzene ring substituents is 1. The molecule has 100 valence electrons. The molecule has 1 aromatic carbocycles. The van der Waals surface area contributed by atoms with Crippen LogP contribution in [0.25, 0.3) is 0 Å². The number of hydrogen-bond donors (Lipinski definition) is 1. The number of nitro groups is 1. The summed E-state index contributed by atoms with van der Waals surface area (Å²) in [5.41, 5.74) is -0.181. The molecule has 1 N–H and O–H groups in total. The number of carbonyl (C=O) groups is 2. The fourth-order valence-corrected chi connectivity index (χ4v) is 1.97. The predicted octanol–water partition coefficient (Wildman–Crippen LogP) is 0.820. The summed E-state index contributed by atoms with van der Waals surface area (Å²) in [6.07, 6.45) is 0. The van der Waals surface area contributed by atoms with Gasteiger partial charge in [0.25, 0.3) is 11.6 Å². The van der Waals surface area contributed by atoms with Gasteiger partial charge in [-0.3, -0.25) is 19.7 Å². The number of nitrogens with one attached hydrogen (secondary N) is 1. The maximum atomic E-state index is 12.1. The van der Waals surface area contributed by atoms with Gasteiger partial charge in [-0.25, -0.2) is 0 Å². The lowest BCUT2D eigenvalue weighted by Gasteiger charge is -2.26. The molecule has 1 heterocycles. The Balaban J connectivity index is 2.26. The zero-order valence-electron chi connectivity index (χ0n) is 9.76. The lowest BCUT2D eigenvalue weighted by atomic mass is 10.1. The molecular weight excluding hydrogens is 274 g/mol. The largest absolute Gasteiger partial charge is 0.353 e. The van der Waals surface area contributed by atoms with Crippen LogP contribution in [0.3, 0.4) is 0 Å². The highest BCUT2D eigenvalue weighted by Gasteiger charge is 2.24. The lowest BCUT2D eigenvalue weighted by Crippen LogP contribution is -2.49. The smallest absolute Gasteiger partial charge is 0.288 e. The SMILES string of the molecule is O=C1CN(C(=O)c2ccc(Cl)c([N+](=O)[O-])c2)CCN1. The van der Waals surface area contributed by atoms with Gasteiger partial charge in [0.05, 0.1) is 11.5 Å². The standard InChI is InChI=1S/C11H10ClN3O4/c12-8-2-1-7(5-9(8)15(18)19)11(17)14-4-3-13-10(16)6-14/h1-2,5H,3-4,6H2,(H,13,16). The van der Waals surface area contributed by atoms with Gasteiger partial charge in [0.2, 0.25) is 5.91 Å². The highest BCUT2D eigenvalue weighted by Crippen LogP contribution is 2.25. The van der Waals surface area contributed by atoms with Crippen LogP contribution < -0.4 is 5.32 Å². The number of carbonyl (C=O) groups excluding carboxylic acids is 2. The first-order valence-electron chi connectivity index (χ1n) is 5.49. The van der Waals surface area contributed by atoms with Crippen molar-refractivity contribution in [1.82, 2.24) is 10.2 Å². The van der Waals surface area contributed by atoms with Crippen molar-refractivity contribution in [2.24, 2.45) is 0 Å². The molecule has 19 heavy (non-hydrogen) atoms. The van der Waals surface area contributed by atoms with Crippen molar-refractivity contribution in [1.29, 1.82) is 0 Å². The molecule has 0 atom stereocenters. The average molecular weight is 284 g/mol. The summed E-state index contributed by atoms with van der Waals surface area (Å²) in [6, 6.07) is 3.83. The molecule has 1 aromatic rings.